The molecule has 3 N–H and O–H groups in total. The van der Waals surface area contributed by atoms with E-state index in [1.807, 2.05) is 32.2 Å². The number of amides is 2. The largest absolute Gasteiger partial charge is 0.394 e. The average Bonchev–Trinajstić information content (AvgIpc) is 2.59. The number of pyridine rings is 1. The number of aliphatic hydroxyl groups excluding tert-OH is 1. The second-order valence-electron chi connectivity index (χ2n) is 6.81. The lowest BCUT2D eigenvalue weighted by Crippen LogP contribution is -2.48. The minimum absolute atomic E-state index is 0.0181. The van der Waals surface area contributed by atoms with E-state index in [0.717, 1.165) is 18.4 Å². The highest BCUT2D eigenvalue weighted by Crippen LogP contribution is 2.34. The first kappa shape index (κ1) is 17.7. The van der Waals surface area contributed by atoms with Crippen LogP contribution < -0.4 is 10.6 Å². The van der Waals surface area contributed by atoms with Gasteiger partial charge in [0.15, 0.2) is 0 Å². The predicted molar refractivity (Wildman–Crippen MR) is 90.9 cm³/mol. The maximum absolute atomic E-state index is 12.4. The lowest BCUT2D eigenvalue weighted by molar-refractivity contribution is 0.190. The van der Waals surface area contributed by atoms with Crippen molar-refractivity contribution >= 4 is 6.03 Å². The molecule has 0 saturated heterocycles. The van der Waals surface area contributed by atoms with Crippen LogP contribution in [0.2, 0.25) is 0 Å². The van der Waals surface area contributed by atoms with Crippen LogP contribution in [0.25, 0.3) is 0 Å². The molecule has 2 atom stereocenters. The Hall–Kier alpha value is -1.62. The Kier molecular flexibility index (Phi) is 6.84. The number of carbonyl (C=O) groups excluding carboxylic acids is 1. The van der Waals surface area contributed by atoms with Gasteiger partial charge >= 0.3 is 6.03 Å². The van der Waals surface area contributed by atoms with E-state index < -0.39 is 0 Å². The molecule has 1 fully saturated rings. The summed E-state index contributed by atoms with van der Waals surface area (Å²) in [6, 6.07) is 3.48. The summed E-state index contributed by atoms with van der Waals surface area (Å²) in [5.74, 6) is 0.641. The van der Waals surface area contributed by atoms with E-state index in [1.165, 1.54) is 19.3 Å². The van der Waals surface area contributed by atoms with Crippen LogP contribution in [0.1, 0.15) is 57.6 Å². The van der Waals surface area contributed by atoms with Crippen molar-refractivity contribution in [2.75, 3.05) is 6.61 Å². The standard InChI is InChI=1S/C18H29N3O2/c1-13(2)16(12-22)20-18(23)21-17(14-7-4-3-5-8-14)15-9-6-10-19-11-15/h6,9-11,13-14,16-17,22H,3-5,7-8,12H2,1-2H3,(H2,20,21,23)/t16-,17+/m1/s1. The van der Waals surface area contributed by atoms with Crippen molar-refractivity contribution in [2.24, 2.45) is 11.8 Å². The normalized spacial score (nSPS) is 18.4. The SMILES string of the molecule is CC(C)[C@@H](CO)NC(=O)N[C@H](c1cccnc1)C1CCCCC1. The quantitative estimate of drug-likeness (QED) is 0.754. The summed E-state index contributed by atoms with van der Waals surface area (Å²) in [4.78, 5) is 16.6. The van der Waals surface area contributed by atoms with Crippen molar-refractivity contribution in [1.29, 1.82) is 0 Å². The van der Waals surface area contributed by atoms with Crippen LogP contribution in [0.5, 0.6) is 0 Å². The highest BCUT2D eigenvalue weighted by atomic mass is 16.3. The van der Waals surface area contributed by atoms with Crippen molar-refractivity contribution in [3.8, 4) is 0 Å². The number of hydrogen-bond donors (Lipinski definition) is 3. The Morgan fingerprint density at radius 3 is 2.61 bits per heavy atom. The predicted octanol–water partition coefficient (Wildman–Crippen LogP) is 3.02. The molecule has 1 saturated carbocycles. The van der Waals surface area contributed by atoms with Gasteiger partial charge < -0.3 is 15.7 Å². The number of urea groups is 1. The molecule has 0 bridgehead atoms. The number of nitrogens with one attached hydrogen (secondary N) is 2. The minimum atomic E-state index is -0.226. The van der Waals surface area contributed by atoms with Crippen molar-refractivity contribution in [3.05, 3.63) is 30.1 Å². The first-order valence-electron chi connectivity index (χ1n) is 8.69. The van der Waals surface area contributed by atoms with E-state index >= 15 is 0 Å². The molecule has 1 aromatic heterocycles. The molecule has 1 heterocycles. The number of aliphatic hydroxyl groups is 1. The number of rotatable bonds is 6. The van der Waals surface area contributed by atoms with Crippen LogP contribution >= 0.6 is 0 Å². The maximum atomic E-state index is 12.4. The monoisotopic (exact) mass is 319 g/mol. The summed E-state index contributed by atoms with van der Waals surface area (Å²) >= 11 is 0. The second kappa shape index (κ2) is 8.87. The van der Waals surface area contributed by atoms with Gasteiger partial charge in [-0.05, 0) is 36.3 Å². The zero-order valence-corrected chi connectivity index (χ0v) is 14.2. The molecular formula is C18H29N3O2. The molecule has 23 heavy (non-hydrogen) atoms. The fraction of sp³-hybridized carbons (Fsp3) is 0.667. The van der Waals surface area contributed by atoms with Gasteiger partial charge in [-0.2, -0.15) is 0 Å². The van der Waals surface area contributed by atoms with Crippen LogP contribution in [0, 0.1) is 11.8 Å². The molecule has 5 nitrogen and oxygen atoms in total. The molecule has 1 aliphatic carbocycles. The molecule has 1 aliphatic rings. The summed E-state index contributed by atoms with van der Waals surface area (Å²) in [5.41, 5.74) is 1.06. The third-order valence-corrected chi connectivity index (χ3v) is 4.77. The van der Waals surface area contributed by atoms with Crippen LogP contribution in [-0.4, -0.2) is 28.8 Å². The van der Waals surface area contributed by atoms with Gasteiger partial charge in [0.2, 0.25) is 0 Å². The highest BCUT2D eigenvalue weighted by Gasteiger charge is 2.27. The Bertz CT molecular complexity index is 472. The third kappa shape index (κ3) is 5.20. The Morgan fingerprint density at radius 2 is 2.04 bits per heavy atom. The van der Waals surface area contributed by atoms with Gasteiger partial charge in [0, 0.05) is 12.4 Å². The number of hydrogen-bond acceptors (Lipinski definition) is 3. The molecule has 1 aromatic rings. The average molecular weight is 319 g/mol. The van der Waals surface area contributed by atoms with E-state index in [2.05, 4.69) is 15.6 Å². The van der Waals surface area contributed by atoms with Crippen LogP contribution in [0.3, 0.4) is 0 Å². The highest BCUT2D eigenvalue weighted by molar-refractivity contribution is 5.74. The first-order chi connectivity index (χ1) is 11.1. The lowest BCUT2D eigenvalue weighted by Gasteiger charge is -2.32. The number of nitrogens with zero attached hydrogens (tertiary/aromatic N) is 1. The smallest absolute Gasteiger partial charge is 0.315 e. The van der Waals surface area contributed by atoms with Gasteiger partial charge in [0.25, 0.3) is 0 Å². The summed E-state index contributed by atoms with van der Waals surface area (Å²) in [5, 5.41) is 15.4. The summed E-state index contributed by atoms with van der Waals surface area (Å²) in [7, 11) is 0. The summed E-state index contributed by atoms with van der Waals surface area (Å²) in [6.07, 6.45) is 9.57. The zero-order valence-electron chi connectivity index (χ0n) is 14.2. The maximum Gasteiger partial charge on any atom is 0.315 e. The number of carbonyl (C=O) groups is 1. The van der Waals surface area contributed by atoms with E-state index in [1.54, 1.807) is 6.20 Å². The van der Waals surface area contributed by atoms with Crippen LogP contribution in [0.4, 0.5) is 4.79 Å². The van der Waals surface area contributed by atoms with Crippen LogP contribution in [0.15, 0.2) is 24.5 Å². The molecule has 2 rings (SSSR count). The molecule has 0 aromatic carbocycles. The second-order valence-corrected chi connectivity index (χ2v) is 6.81. The van der Waals surface area contributed by atoms with Crippen molar-refractivity contribution in [3.63, 3.8) is 0 Å². The van der Waals surface area contributed by atoms with Gasteiger partial charge in [-0.15, -0.1) is 0 Å². The fourth-order valence-electron chi connectivity index (χ4n) is 3.28. The number of aromatic nitrogens is 1. The molecule has 0 spiro atoms. The minimum Gasteiger partial charge on any atom is -0.394 e. The zero-order chi connectivity index (χ0) is 16.7. The van der Waals surface area contributed by atoms with Gasteiger partial charge in [-0.3, -0.25) is 4.98 Å². The van der Waals surface area contributed by atoms with Crippen molar-refractivity contribution < 1.29 is 9.90 Å². The Balaban J connectivity index is 2.06. The van der Waals surface area contributed by atoms with E-state index in [9.17, 15) is 9.90 Å². The van der Waals surface area contributed by atoms with Gasteiger partial charge in [-0.1, -0.05) is 39.2 Å². The van der Waals surface area contributed by atoms with Crippen molar-refractivity contribution in [1.82, 2.24) is 15.6 Å². The molecule has 0 unspecified atom stereocenters. The summed E-state index contributed by atoms with van der Waals surface area (Å²) < 4.78 is 0. The topological polar surface area (TPSA) is 74.2 Å². The molecule has 128 valence electrons. The molecule has 0 aliphatic heterocycles. The Morgan fingerprint density at radius 1 is 1.30 bits per heavy atom. The molecule has 0 radical (unpaired) electrons. The van der Waals surface area contributed by atoms with E-state index in [0.29, 0.717) is 5.92 Å². The van der Waals surface area contributed by atoms with E-state index in [4.69, 9.17) is 0 Å². The Labute approximate surface area is 138 Å². The molecule has 2 amide bonds. The first-order valence-corrected chi connectivity index (χ1v) is 8.69. The summed E-state index contributed by atoms with van der Waals surface area (Å²) in [6.45, 7) is 3.92. The fourth-order valence-corrected chi connectivity index (χ4v) is 3.28. The third-order valence-electron chi connectivity index (χ3n) is 4.77. The molecular weight excluding hydrogens is 290 g/mol. The van der Waals surface area contributed by atoms with Crippen LogP contribution in [-0.2, 0) is 0 Å². The lowest BCUT2D eigenvalue weighted by atomic mass is 9.81. The van der Waals surface area contributed by atoms with Gasteiger partial charge in [0.05, 0.1) is 18.7 Å². The van der Waals surface area contributed by atoms with Gasteiger partial charge in [-0.25, -0.2) is 4.79 Å². The molecule has 5 heteroatoms. The van der Waals surface area contributed by atoms with Crippen molar-refractivity contribution in [2.45, 2.75) is 58.0 Å². The van der Waals surface area contributed by atoms with Gasteiger partial charge in [0.1, 0.15) is 0 Å². The van der Waals surface area contributed by atoms with E-state index in [-0.39, 0.29) is 30.6 Å².